The van der Waals surface area contributed by atoms with Gasteiger partial charge in [-0.3, -0.25) is 14.2 Å². The van der Waals surface area contributed by atoms with Gasteiger partial charge in [-0.25, -0.2) is 13.8 Å². The van der Waals surface area contributed by atoms with Crippen molar-refractivity contribution in [2.45, 2.75) is 52.4 Å². The van der Waals surface area contributed by atoms with Crippen LogP contribution in [0.15, 0.2) is 33.8 Å². The van der Waals surface area contributed by atoms with Crippen LogP contribution in [0, 0.1) is 23.1 Å². The Hall–Kier alpha value is -2.61. The summed E-state index contributed by atoms with van der Waals surface area (Å²) in [5.74, 6) is 5.09. The molecule has 1 amide bonds. The van der Waals surface area contributed by atoms with Crippen LogP contribution >= 0.6 is 27.3 Å². The van der Waals surface area contributed by atoms with Crippen LogP contribution in [0.4, 0.5) is 8.78 Å². The standard InChI is InChI=1S/C26H26BrF2N3O3S/c1-24(2,3)26(5,35)9-8-18-20(15-6-7-17(28)16(27)10-15)21-22(36-18)30-14-31(23(21)34)11-19(33)32-12-25(4,29)13-32/h6-7,10,14,35H,11-13H2,1-5H3. The second-order valence-corrected chi connectivity index (χ2v) is 12.4. The molecule has 3 heterocycles. The molecule has 1 aliphatic rings. The molecule has 0 saturated carbocycles. The molecule has 6 nitrogen and oxygen atoms in total. The van der Waals surface area contributed by atoms with E-state index in [0.29, 0.717) is 20.8 Å². The molecule has 1 unspecified atom stereocenters. The SMILES string of the molecule is CC1(F)CN(C(=O)Cn2cnc3sc(C#CC(C)(O)C(C)(C)C)c(-c4ccc(F)c(Br)c4)c3c2=O)C1. The summed E-state index contributed by atoms with van der Waals surface area (Å²) in [5, 5.41) is 11.1. The molecule has 2 aromatic heterocycles. The number of halogens is 3. The molecule has 1 aliphatic heterocycles. The zero-order valence-corrected chi connectivity index (χ0v) is 23.0. The summed E-state index contributed by atoms with van der Waals surface area (Å²) in [6.07, 6.45) is 1.29. The minimum absolute atomic E-state index is 0.0169. The van der Waals surface area contributed by atoms with E-state index in [4.69, 9.17) is 0 Å². The molecule has 3 aromatic rings. The second-order valence-electron chi connectivity index (χ2n) is 10.5. The molecule has 0 spiro atoms. The largest absolute Gasteiger partial charge is 0.377 e. The smallest absolute Gasteiger partial charge is 0.263 e. The molecule has 190 valence electrons. The maximum absolute atomic E-state index is 14.0. The quantitative estimate of drug-likeness (QED) is 0.456. The fourth-order valence-electron chi connectivity index (χ4n) is 3.69. The summed E-state index contributed by atoms with van der Waals surface area (Å²) in [4.78, 5) is 32.8. The molecule has 0 bridgehead atoms. The second kappa shape index (κ2) is 9.05. The minimum atomic E-state index is -1.42. The molecule has 1 saturated heterocycles. The highest BCUT2D eigenvalue weighted by molar-refractivity contribution is 9.10. The summed E-state index contributed by atoms with van der Waals surface area (Å²) in [7, 11) is 0. The van der Waals surface area contributed by atoms with Crippen LogP contribution in [0.3, 0.4) is 0 Å². The van der Waals surface area contributed by atoms with Crippen molar-refractivity contribution in [3.05, 3.63) is 50.0 Å². The van der Waals surface area contributed by atoms with Crippen molar-refractivity contribution in [2.24, 2.45) is 5.41 Å². The Balaban J connectivity index is 1.86. The van der Waals surface area contributed by atoms with E-state index in [1.54, 1.807) is 19.1 Å². The van der Waals surface area contributed by atoms with Crippen molar-refractivity contribution in [2.75, 3.05) is 13.1 Å². The van der Waals surface area contributed by atoms with Gasteiger partial charge in [0, 0.05) is 11.0 Å². The molecule has 4 rings (SSSR count). The number of rotatable bonds is 3. The third-order valence-electron chi connectivity index (χ3n) is 6.47. The van der Waals surface area contributed by atoms with Crippen molar-refractivity contribution in [1.29, 1.82) is 0 Å². The van der Waals surface area contributed by atoms with Crippen LogP contribution in [0.2, 0.25) is 0 Å². The molecule has 1 fully saturated rings. The molecule has 0 radical (unpaired) electrons. The van der Waals surface area contributed by atoms with E-state index in [-0.39, 0.29) is 35.4 Å². The Morgan fingerprint density at radius 1 is 1.31 bits per heavy atom. The first kappa shape index (κ1) is 26.5. The Kier molecular flexibility index (Phi) is 6.65. The van der Waals surface area contributed by atoms with Crippen LogP contribution in [0.25, 0.3) is 21.3 Å². The fourth-order valence-corrected chi connectivity index (χ4v) is 5.08. The van der Waals surface area contributed by atoms with E-state index in [2.05, 4.69) is 32.8 Å². The van der Waals surface area contributed by atoms with Crippen molar-refractivity contribution in [3.63, 3.8) is 0 Å². The van der Waals surface area contributed by atoms with E-state index in [1.165, 1.54) is 40.1 Å². The molecule has 1 atom stereocenters. The molecular formula is C26H26BrF2N3O3S. The van der Waals surface area contributed by atoms with Gasteiger partial charge in [-0.05, 0) is 47.5 Å². The summed E-state index contributed by atoms with van der Waals surface area (Å²) in [6.45, 7) is 8.33. The molecule has 10 heteroatoms. The Labute approximate surface area is 220 Å². The number of carbonyl (C=O) groups excluding carboxylic acids is 1. The van der Waals surface area contributed by atoms with Gasteiger partial charge in [0.2, 0.25) is 5.91 Å². The van der Waals surface area contributed by atoms with E-state index in [1.807, 2.05) is 20.8 Å². The van der Waals surface area contributed by atoms with Gasteiger partial charge < -0.3 is 10.0 Å². The highest BCUT2D eigenvalue weighted by Crippen LogP contribution is 2.38. The number of amides is 1. The number of fused-ring (bicyclic) bond motifs is 1. The number of aliphatic hydroxyl groups is 1. The lowest BCUT2D eigenvalue weighted by Gasteiger charge is -2.42. The van der Waals surface area contributed by atoms with Gasteiger partial charge in [-0.1, -0.05) is 38.7 Å². The van der Waals surface area contributed by atoms with Crippen molar-refractivity contribution in [3.8, 4) is 23.0 Å². The van der Waals surface area contributed by atoms with Crippen molar-refractivity contribution >= 4 is 43.4 Å². The highest BCUT2D eigenvalue weighted by Gasteiger charge is 2.41. The predicted molar refractivity (Wildman–Crippen MR) is 140 cm³/mol. The van der Waals surface area contributed by atoms with E-state index in [0.717, 1.165) is 0 Å². The number of alkyl halides is 1. The van der Waals surface area contributed by atoms with E-state index < -0.39 is 28.1 Å². The normalized spacial score (nSPS) is 16.8. The van der Waals surface area contributed by atoms with Crippen LogP contribution in [0.1, 0.15) is 39.5 Å². The average molecular weight is 578 g/mol. The maximum Gasteiger partial charge on any atom is 0.263 e. The lowest BCUT2D eigenvalue weighted by molar-refractivity contribution is -0.144. The number of hydrogen-bond acceptors (Lipinski definition) is 5. The maximum atomic E-state index is 14.0. The van der Waals surface area contributed by atoms with Gasteiger partial charge in [0.25, 0.3) is 5.56 Å². The van der Waals surface area contributed by atoms with E-state index >= 15 is 0 Å². The number of benzene rings is 1. The Bertz CT molecular complexity index is 1480. The first-order valence-corrected chi connectivity index (χ1v) is 12.9. The van der Waals surface area contributed by atoms with Crippen LogP contribution in [0.5, 0.6) is 0 Å². The molecule has 1 aromatic carbocycles. The highest BCUT2D eigenvalue weighted by atomic mass is 79.9. The number of thiophene rings is 1. The first-order chi connectivity index (χ1) is 16.6. The number of nitrogens with zero attached hydrogens (tertiary/aromatic N) is 3. The Morgan fingerprint density at radius 3 is 2.56 bits per heavy atom. The summed E-state index contributed by atoms with van der Waals surface area (Å²) in [5.41, 5.74) is -2.75. The number of aromatic nitrogens is 2. The molecule has 1 N–H and O–H groups in total. The third-order valence-corrected chi connectivity index (χ3v) is 8.09. The zero-order valence-electron chi connectivity index (χ0n) is 20.6. The minimum Gasteiger partial charge on any atom is -0.377 e. The first-order valence-electron chi connectivity index (χ1n) is 11.3. The fraction of sp³-hybridized carbons (Fsp3) is 0.423. The lowest BCUT2D eigenvalue weighted by atomic mass is 9.78. The van der Waals surface area contributed by atoms with Gasteiger partial charge >= 0.3 is 0 Å². The summed E-state index contributed by atoms with van der Waals surface area (Å²) < 4.78 is 29.2. The number of hydrogen-bond donors (Lipinski definition) is 1. The number of carbonyl (C=O) groups is 1. The zero-order chi connectivity index (χ0) is 26.6. The molecule has 36 heavy (non-hydrogen) atoms. The molecule has 0 aliphatic carbocycles. The molecular weight excluding hydrogens is 552 g/mol. The van der Waals surface area contributed by atoms with Crippen molar-refractivity contribution in [1.82, 2.24) is 14.5 Å². The van der Waals surface area contributed by atoms with Crippen LogP contribution < -0.4 is 5.56 Å². The Morgan fingerprint density at radius 2 is 1.97 bits per heavy atom. The van der Waals surface area contributed by atoms with Gasteiger partial charge in [0.15, 0.2) is 0 Å². The summed E-state index contributed by atoms with van der Waals surface area (Å²) in [6, 6.07) is 4.37. The third kappa shape index (κ3) is 4.97. The lowest BCUT2D eigenvalue weighted by Crippen LogP contribution is -2.60. The van der Waals surface area contributed by atoms with E-state index in [9.17, 15) is 23.5 Å². The van der Waals surface area contributed by atoms with Crippen molar-refractivity contribution < 1.29 is 18.7 Å². The average Bonchev–Trinajstić information content (AvgIpc) is 3.13. The number of likely N-dealkylation sites (tertiary alicyclic amines) is 1. The van der Waals surface area contributed by atoms with Crippen LogP contribution in [-0.4, -0.2) is 49.8 Å². The van der Waals surface area contributed by atoms with Gasteiger partial charge in [0.05, 0.1) is 34.2 Å². The van der Waals surface area contributed by atoms with Gasteiger partial charge in [-0.15, -0.1) is 11.3 Å². The van der Waals surface area contributed by atoms with Crippen LogP contribution in [-0.2, 0) is 11.3 Å². The monoisotopic (exact) mass is 577 g/mol. The van der Waals surface area contributed by atoms with Gasteiger partial charge in [-0.2, -0.15) is 0 Å². The predicted octanol–water partition coefficient (Wildman–Crippen LogP) is 4.75. The summed E-state index contributed by atoms with van der Waals surface area (Å²) >= 11 is 4.38. The van der Waals surface area contributed by atoms with Gasteiger partial charge in [0.1, 0.15) is 28.5 Å². The topological polar surface area (TPSA) is 75.4 Å².